The highest BCUT2D eigenvalue weighted by atomic mass is 32.2. The van der Waals surface area contributed by atoms with Gasteiger partial charge in [0.2, 0.25) is 17.2 Å². The third kappa shape index (κ3) is 5.54. The van der Waals surface area contributed by atoms with Gasteiger partial charge in [0.05, 0.1) is 0 Å². The Bertz CT molecular complexity index is 399. The molecule has 1 heterocycles. The molecule has 3 atom stereocenters. The van der Waals surface area contributed by atoms with Gasteiger partial charge in [0, 0.05) is 25.0 Å². The number of unbranched alkanes of at least 4 members (excludes halogenated alkanes) is 1. The van der Waals surface area contributed by atoms with E-state index in [-0.39, 0.29) is 18.0 Å². The number of hydrogen-bond acceptors (Lipinski definition) is 2. The largest absolute Gasteiger partial charge is 0.356 e. The summed E-state index contributed by atoms with van der Waals surface area (Å²) in [6.07, 6.45) is 11.2. The second-order valence-electron chi connectivity index (χ2n) is 7.05. The van der Waals surface area contributed by atoms with Crippen LogP contribution in [0.5, 0.6) is 0 Å². The summed E-state index contributed by atoms with van der Waals surface area (Å²) in [5, 5.41) is 2.88. The van der Waals surface area contributed by atoms with Gasteiger partial charge in [-0.1, -0.05) is 39.0 Å². The fourth-order valence-electron chi connectivity index (χ4n) is 4.19. The first-order chi connectivity index (χ1) is 11.1. The van der Waals surface area contributed by atoms with Crippen LogP contribution < -0.4 is 5.32 Å². The van der Waals surface area contributed by atoms with E-state index in [0.29, 0.717) is 18.9 Å². The molecule has 0 aromatic rings. The van der Waals surface area contributed by atoms with Gasteiger partial charge in [-0.15, -0.1) is 0 Å². The summed E-state index contributed by atoms with van der Waals surface area (Å²) in [6, 6.07) is 0.0316. The molecule has 2 unspecified atom stereocenters. The lowest BCUT2D eigenvalue weighted by atomic mass is 9.81. The summed E-state index contributed by atoms with van der Waals surface area (Å²) in [5.41, 5.74) is 0. The zero-order valence-electron chi connectivity index (χ0n) is 14.3. The normalized spacial score (nSPS) is 26.6. The monoisotopic (exact) mass is 344 g/mol. The highest BCUT2D eigenvalue weighted by Crippen LogP contribution is 2.34. The molecule has 6 heteroatoms. The Kier molecular flexibility index (Phi) is 7.99. The Balaban J connectivity index is 2.17. The molecule has 134 valence electrons. The zero-order valence-corrected chi connectivity index (χ0v) is 15.2. The first kappa shape index (κ1) is 18.9. The summed E-state index contributed by atoms with van der Waals surface area (Å²) in [7, 11) is 0. The molecular formula is C17H32N2O3S. The third-order valence-corrected chi connectivity index (χ3v) is 6.30. The minimum atomic E-state index is -2.01. The zero-order chi connectivity index (χ0) is 16.7. The number of nitrogens with zero attached hydrogens (tertiary/aromatic N) is 1. The van der Waals surface area contributed by atoms with Crippen LogP contribution in [-0.2, 0) is 16.1 Å². The van der Waals surface area contributed by atoms with E-state index in [4.69, 9.17) is 0 Å². The van der Waals surface area contributed by atoms with Crippen LogP contribution in [0.2, 0.25) is 0 Å². The molecule has 2 N–H and O–H groups in total. The molecule has 0 radical (unpaired) electrons. The van der Waals surface area contributed by atoms with Crippen molar-refractivity contribution in [3.63, 3.8) is 0 Å². The standard InChI is InChI=1S/C17H32N2O3S/c1-2-3-11-16(14-8-5-4-6-9-14)19(23(21)22)15-10-7-12-18-17(20)13-15/h14-16H,2-13H2,1H3,(H,18,20)(H,21,22)/t15?,16-/m0/s1. The average Bonchev–Trinajstić information content (AvgIpc) is 2.76. The van der Waals surface area contributed by atoms with Gasteiger partial charge in [0.1, 0.15) is 0 Å². The summed E-state index contributed by atoms with van der Waals surface area (Å²) in [6.45, 7) is 2.85. The third-order valence-electron chi connectivity index (χ3n) is 5.37. The van der Waals surface area contributed by atoms with Crippen LogP contribution >= 0.6 is 0 Å². The molecule has 23 heavy (non-hydrogen) atoms. The lowest BCUT2D eigenvalue weighted by molar-refractivity contribution is -0.121. The Hall–Kier alpha value is -0.460. The highest BCUT2D eigenvalue weighted by Gasteiger charge is 2.37. The molecule has 2 aliphatic rings. The van der Waals surface area contributed by atoms with Crippen molar-refractivity contribution in [2.24, 2.45) is 5.92 Å². The Morgan fingerprint density at radius 2 is 2.00 bits per heavy atom. The number of nitrogens with one attached hydrogen (secondary N) is 1. The molecule has 0 bridgehead atoms. The molecule has 1 amide bonds. The quantitative estimate of drug-likeness (QED) is 0.697. The smallest absolute Gasteiger partial charge is 0.235 e. The van der Waals surface area contributed by atoms with Crippen molar-refractivity contribution in [3.8, 4) is 0 Å². The lowest BCUT2D eigenvalue weighted by Crippen LogP contribution is -2.49. The predicted octanol–water partition coefficient (Wildman–Crippen LogP) is 3.23. The molecule has 5 nitrogen and oxygen atoms in total. The summed E-state index contributed by atoms with van der Waals surface area (Å²) < 4.78 is 24.0. The topological polar surface area (TPSA) is 69.6 Å². The van der Waals surface area contributed by atoms with Crippen molar-refractivity contribution >= 4 is 17.2 Å². The molecular weight excluding hydrogens is 312 g/mol. The van der Waals surface area contributed by atoms with E-state index in [1.54, 1.807) is 4.31 Å². The van der Waals surface area contributed by atoms with Crippen LogP contribution in [0, 0.1) is 5.92 Å². The van der Waals surface area contributed by atoms with E-state index < -0.39 is 11.3 Å². The number of carbonyl (C=O) groups excluding carboxylic acids is 1. The van der Waals surface area contributed by atoms with E-state index in [1.165, 1.54) is 19.3 Å². The van der Waals surface area contributed by atoms with Crippen LogP contribution in [0.25, 0.3) is 0 Å². The van der Waals surface area contributed by atoms with Crippen LogP contribution in [0.1, 0.15) is 77.6 Å². The number of hydrogen-bond donors (Lipinski definition) is 2. The summed E-state index contributed by atoms with van der Waals surface area (Å²) in [4.78, 5) is 11.9. The van der Waals surface area contributed by atoms with Crippen LogP contribution in [-0.4, -0.2) is 37.6 Å². The van der Waals surface area contributed by atoms with E-state index in [9.17, 15) is 13.6 Å². The average molecular weight is 345 g/mol. The molecule has 1 saturated carbocycles. The molecule has 1 aliphatic carbocycles. The minimum absolute atomic E-state index is 0.0147. The molecule has 2 fully saturated rings. The highest BCUT2D eigenvalue weighted by molar-refractivity contribution is 7.76. The van der Waals surface area contributed by atoms with E-state index in [1.807, 2.05) is 0 Å². The van der Waals surface area contributed by atoms with Crippen LogP contribution in [0.4, 0.5) is 0 Å². The fourth-order valence-corrected chi connectivity index (χ4v) is 5.13. The van der Waals surface area contributed by atoms with Gasteiger partial charge in [0.25, 0.3) is 0 Å². The Labute approximate surface area is 143 Å². The van der Waals surface area contributed by atoms with Gasteiger partial charge < -0.3 is 5.32 Å². The molecule has 2 rings (SSSR count). The summed E-state index contributed by atoms with van der Waals surface area (Å²) in [5.74, 6) is 0.513. The maximum Gasteiger partial charge on any atom is 0.235 e. The number of amides is 1. The predicted molar refractivity (Wildman–Crippen MR) is 93.1 cm³/mol. The van der Waals surface area contributed by atoms with Crippen molar-refractivity contribution in [2.45, 2.75) is 89.6 Å². The maximum atomic E-state index is 12.2. The van der Waals surface area contributed by atoms with Gasteiger partial charge in [0.15, 0.2) is 0 Å². The van der Waals surface area contributed by atoms with Gasteiger partial charge >= 0.3 is 0 Å². The molecule has 1 aliphatic heterocycles. The molecule has 1 saturated heterocycles. The van der Waals surface area contributed by atoms with Crippen molar-refractivity contribution < 1.29 is 13.6 Å². The van der Waals surface area contributed by atoms with E-state index in [2.05, 4.69) is 12.2 Å². The Morgan fingerprint density at radius 3 is 2.65 bits per heavy atom. The van der Waals surface area contributed by atoms with Crippen molar-refractivity contribution in [1.82, 2.24) is 9.62 Å². The van der Waals surface area contributed by atoms with E-state index >= 15 is 0 Å². The molecule has 0 spiro atoms. The second kappa shape index (κ2) is 9.74. The van der Waals surface area contributed by atoms with Crippen molar-refractivity contribution in [3.05, 3.63) is 0 Å². The molecule has 0 aromatic heterocycles. The van der Waals surface area contributed by atoms with Gasteiger partial charge in [-0.05, 0) is 38.0 Å². The second-order valence-corrected chi connectivity index (χ2v) is 7.93. The maximum absolute atomic E-state index is 12.2. The van der Waals surface area contributed by atoms with Crippen molar-refractivity contribution in [1.29, 1.82) is 0 Å². The first-order valence-electron chi connectivity index (χ1n) is 9.29. The minimum Gasteiger partial charge on any atom is -0.356 e. The van der Waals surface area contributed by atoms with Crippen LogP contribution in [0.3, 0.4) is 0 Å². The first-order valence-corrected chi connectivity index (χ1v) is 10.4. The SMILES string of the molecule is CCCC[C@@H](C1CCCCC1)N(C1CCCNC(=O)C1)S(=O)O. The summed E-state index contributed by atoms with van der Waals surface area (Å²) >= 11 is -2.01. The van der Waals surface area contributed by atoms with Gasteiger partial charge in [-0.25, -0.2) is 4.21 Å². The number of rotatable bonds is 7. The van der Waals surface area contributed by atoms with E-state index in [0.717, 1.165) is 44.9 Å². The fraction of sp³-hybridized carbons (Fsp3) is 0.941. The van der Waals surface area contributed by atoms with Gasteiger partial charge in [-0.2, -0.15) is 4.31 Å². The van der Waals surface area contributed by atoms with Gasteiger partial charge in [-0.3, -0.25) is 9.35 Å². The Morgan fingerprint density at radius 1 is 1.26 bits per heavy atom. The lowest BCUT2D eigenvalue weighted by Gasteiger charge is -2.40. The van der Waals surface area contributed by atoms with Crippen molar-refractivity contribution in [2.75, 3.05) is 6.54 Å². The number of carbonyl (C=O) groups is 1. The molecule has 0 aromatic carbocycles. The van der Waals surface area contributed by atoms with Crippen LogP contribution in [0.15, 0.2) is 0 Å².